The SMILES string of the molecule is N#CC(OCCO)c1ccc(Br)cc1. The number of nitriles is 1. The van der Waals surface area contributed by atoms with E-state index in [9.17, 15) is 0 Å². The van der Waals surface area contributed by atoms with Crippen LogP contribution in [0.2, 0.25) is 0 Å². The fraction of sp³-hybridized carbons (Fsp3) is 0.300. The van der Waals surface area contributed by atoms with E-state index >= 15 is 0 Å². The molecule has 0 spiro atoms. The summed E-state index contributed by atoms with van der Waals surface area (Å²) in [6, 6.07) is 9.35. The number of aliphatic hydroxyl groups is 1. The molecular weight excluding hydrogens is 246 g/mol. The van der Waals surface area contributed by atoms with Gasteiger partial charge in [0.15, 0.2) is 6.10 Å². The molecule has 0 amide bonds. The van der Waals surface area contributed by atoms with Gasteiger partial charge in [-0.25, -0.2) is 0 Å². The van der Waals surface area contributed by atoms with Crippen LogP contribution in [0.15, 0.2) is 28.7 Å². The van der Waals surface area contributed by atoms with E-state index in [1.165, 1.54) is 0 Å². The third-order valence-electron chi connectivity index (χ3n) is 1.67. The summed E-state index contributed by atoms with van der Waals surface area (Å²) in [6.45, 7) is 0.100. The van der Waals surface area contributed by atoms with Crippen LogP contribution < -0.4 is 0 Å². The number of hydrogen-bond donors (Lipinski definition) is 1. The van der Waals surface area contributed by atoms with E-state index in [1.807, 2.05) is 30.3 Å². The van der Waals surface area contributed by atoms with E-state index in [-0.39, 0.29) is 13.2 Å². The lowest BCUT2D eigenvalue weighted by atomic mass is 10.1. The van der Waals surface area contributed by atoms with Crippen LogP contribution in [0, 0.1) is 11.3 Å². The standard InChI is InChI=1S/C10H10BrNO2/c11-9-3-1-8(2-4-9)10(7-12)14-6-5-13/h1-4,10,13H,5-6H2. The van der Waals surface area contributed by atoms with Crippen molar-refractivity contribution < 1.29 is 9.84 Å². The van der Waals surface area contributed by atoms with Crippen molar-refractivity contribution in [3.05, 3.63) is 34.3 Å². The van der Waals surface area contributed by atoms with Gasteiger partial charge in [0.1, 0.15) is 0 Å². The minimum Gasteiger partial charge on any atom is -0.394 e. The van der Waals surface area contributed by atoms with Gasteiger partial charge in [0.25, 0.3) is 0 Å². The van der Waals surface area contributed by atoms with Gasteiger partial charge in [-0.2, -0.15) is 5.26 Å². The Hall–Kier alpha value is -0.890. The average Bonchev–Trinajstić information content (AvgIpc) is 2.21. The maximum atomic E-state index is 8.81. The number of aliphatic hydroxyl groups excluding tert-OH is 1. The molecular formula is C10H10BrNO2. The van der Waals surface area contributed by atoms with Crippen LogP contribution in [-0.4, -0.2) is 18.3 Å². The summed E-state index contributed by atoms with van der Waals surface area (Å²) in [5.74, 6) is 0. The predicted molar refractivity (Wildman–Crippen MR) is 55.5 cm³/mol. The van der Waals surface area contributed by atoms with E-state index in [4.69, 9.17) is 15.1 Å². The topological polar surface area (TPSA) is 53.2 Å². The van der Waals surface area contributed by atoms with Gasteiger partial charge in [0.05, 0.1) is 19.3 Å². The molecule has 0 bridgehead atoms. The Labute approximate surface area is 91.1 Å². The van der Waals surface area contributed by atoms with Gasteiger partial charge in [0, 0.05) is 4.47 Å². The molecule has 0 aliphatic carbocycles. The molecule has 0 aliphatic rings. The monoisotopic (exact) mass is 255 g/mol. The Balaban J connectivity index is 2.70. The van der Waals surface area contributed by atoms with Crippen LogP contribution >= 0.6 is 15.9 Å². The van der Waals surface area contributed by atoms with Crippen molar-refractivity contribution in [1.82, 2.24) is 0 Å². The van der Waals surface area contributed by atoms with Gasteiger partial charge in [-0.15, -0.1) is 0 Å². The molecule has 4 heteroatoms. The van der Waals surface area contributed by atoms with Crippen molar-refractivity contribution in [2.45, 2.75) is 6.10 Å². The Morgan fingerprint density at radius 2 is 2.07 bits per heavy atom. The molecule has 0 aromatic heterocycles. The number of hydrogen-bond acceptors (Lipinski definition) is 3. The van der Waals surface area contributed by atoms with Crippen LogP contribution in [0.4, 0.5) is 0 Å². The Bertz CT molecular complexity index is 318. The molecule has 1 N–H and O–H groups in total. The molecule has 0 aliphatic heterocycles. The lowest BCUT2D eigenvalue weighted by Gasteiger charge is -2.09. The fourth-order valence-electron chi connectivity index (χ4n) is 1.02. The van der Waals surface area contributed by atoms with Gasteiger partial charge in [-0.1, -0.05) is 28.1 Å². The zero-order chi connectivity index (χ0) is 10.4. The van der Waals surface area contributed by atoms with Gasteiger partial charge in [0.2, 0.25) is 0 Å². The average molecular weight is 256 g/mol. The number of rotatable bonds is 4. The van der Waals surface area contributed by atoms with E-state index in [0.29, 0.717) is 0 Å². The second-order valence-corrected chi connectivity index (χ2v) is 3.57. The lowest BCUT2D eigenvalue weighted by molar-refractivity contribution is 0.0581. The van der Waals surface area contributed by atoms with Gasteiger partial charge < -0.3 is 9.84 Å². The highest BCUT2D eigenvalue weighted by molar-refractivity contribution is 9.10. The largest absolute Gasteiger partial charge is 0.394 e. The van der Waals surface area contributed by atoms with Crippen molar-refractivity contribution in [3.8, 4) is 6.07 Å². The third kappa shape index (κ3) is 3.11. The quantitative estimate of drug-likeness (QED) is 0.896. The summed E-state index contributed by atoms with van der Waals surface area (Å²) in [5.41, 5.74) is 0.796. The molecule has 74 valence electrons. The summed E-state index contributed by atoms with van der Waals surface area (Å²) in [4.78, 5) is 0. The second-order valence-electron chi connectivity index (χ2n) is 2.66. The minimum absolute atomic E-state index is 0.0747. The van der Waals surface area contributed by atoms with Crippen LogP contribution in [0.25, 0.3) is 0 Å². The summed E-state index contributed by atoms with van der Waals surface area (Å²) in [6.07, 6.45) is -0.602. The van der Waals surface area contributed by atoms with Crippen molar-refractivity contribution >= 4 is 15.9 Å². The minimum atomic E-state index is -0.602. The molecule has 1 unspecified atom stereocenters. The first-order valence-corrected chi connectivity index (χ1v) is 4.94. The first-order chi connectivity index (χ1) is 6.77. The summed E-state index contributed by atoms with van der Waals surface area (Å²) < 4.78 is 6.10. The summed E-state index contributed by atoms with van der Waals surface area (Å²) in [5, 5.41) is 17.4. The van der Waals surface area contributed by atoms with Gasteiger partial charge in [-0.05, 0) is 17.7 Å². The van der Waals surface area contributed by atoms with Crippen LogP contribution in [0.5, 0.6) is 0 Å². The highest BCUT2D eigenvalue weighted by Crippen LogP contribution is 2.19. The van der Waals surface area contributed by atoms with Crippen molar-refractivity contribution in [2.75, 3.05) is 13.2 Å². The second kappa shape index (κ2) is 5.76. The van der Waals surface area contributed by atoms with Crippen LogP contribution in [0.1, 0.15) is 11.7 Å². The number of nitrogens with zero attached hydrogens (tertiary/aromatic N) is 1. The molecule has 1 aromatic rings. The molecule has 0 saturated heterocycles. The molecule has 0 saturated carbocycles. The lowest BCUT2D eigenvalue weighted by Crippen LogP contribution is -2.05. The smallest absolute Gasteiger partial charge is 0.169 e. The van der Waals surface area contributed by atoms with E-state index in [0.717, 1.165) is 10.0 Å². The van der Waals surface area contributed by atoms with Gasteiger partial charge in [-0.3, -0.25) is 0 Å². The number of ether oxygens (including phenoxy) is 1. The molecule has 0 fully saturated rings. The Morgan fingerprint density at radius 3 is 2.57 bits per heavy atom. The maximum absolute atomic E-state index is 8.81. The molecule has 1 aromatic carbocycles. The molecule has 14 heavy (non-hydrogen) atoms. The number of halogens is 1. The molecule has 1 rings (SSSR count). The summed E-state index contributed by atoms with van der Waals surface area (Å²) >= 11 is 3.31. The summed E-state index contributed by atoms with van der Waals surface area (Å²) in [7, 11) is 0. The normalized spacial score (nSPS) is 12.1. The Morgan fingerprint density at radius 1 is 1.43 bits per heavy atom. The molecule has 3 nitrogen and oxygen atoms in total. The van der Waals surface area contributed by atoms with Crippen molar-refractivity contribution in [1.29, 1.82) is 5.26 Å². The highest BCUT2D eigenvalue weighted by Gasteiger charge is 2.09. The third-order valence-corrected chi connectivity index (χ3v) is 2.19. The number of benzene rings is 1. The first-order valence-electron chi connectivity index (χ1n) is 4.15. The van der Waals surface area contributed by atoms with E-state index in [1.54, 1.807) is 0 Å². The highest BCUT2D eigenvalue weighted by atomic mass is 79.9. The van der Waals surface area contributed by atoms with Gasteiger partial charge >= 0.3 is 0 Å². The maximum Gasteiger partial charge on any atom is 0.169 e. The van der Waals surface area contributed by atoms with Crippen LogP contribution in [0.3, 0.4) is 0 Å². The molecule has 1 atom stereocenters. The van der Waals surface area contributed by atoms with E-state index in [2.05, 4.69) is 15.9 Å². The first kappa shape index (κ1) is 11.2. The zero-order valence-electron chi connectivity index (χ0n) is 7.48. The molecule has 0 heterocycles. The zero-order valence-corrected chi connectivity index (χ0v) is 9.07. The predicted octanol–water partition coefficient (Wildman–Crippen LogP) is 2.02. The van der Waals surface area contributed by atoms with Crippen molar-refractivity contribution in [3.63, 3.8) is 0 Å². The Kier molecular flexibility index (Phi) is 4.60. The van der Waals surface area contributed by atoms with Crippen LogP contribution in [-0.2, 0) is 4.74 Å². The molecule has 0 radical (unpaired) electrons. The van der Waals surface area contributed by atoms with E-state index < -0.39 is 6.10 Å². The van der Waals surface area contributed by atoms with Crippen molar-refractivity contribution in [2.24, 2.45) is 0 Å². The fourth-order valence-corrected chi connectivity index (χ4v) is 1.28.